The van der Waals surface area contributed by atoms with Gasteiger partial charge in [-0.2, -0.15) is 0 Å². The number of aliphatic hydroxyl groups excluding tert-OH is 2. The van der Waals surface area contributed by atoms with Gasteiger partial charge in [0.25, 0.3) is 11.6 Å². The molecule has 2 N–H and O–H groups in total. The Balaban J connectivity index is 2.58. The molecule has 0 spiro atoms. The molecule has 1 heterocycles. The number of carbonyl (C=O) groups is 2. The number of carbonyl (C=O) groups excluding carboxylic acids is 2. The fourth-order valence-electron chi connectivity index (χ4n) is 2.31. The van der Waals surface area contributed by atoms with Crippen molar-refractivity contribution in [2.45, 2.75) is 13.0 Å². The summed E-state index contributed by atoms with van der Waals surface area (Å²) in [6.45, 7) is 0.442. The van der Waals surface area contributed by atoms with Crippen LogP contribution < -0.4 is 0 Å². The van der Waals surface area contributed by atoms with Crippen LogP contribution in [0.3, 0.4) is 0 Å². The van der Waals surface area contributed by atoms with Gasteiger partial charge in [-0.05, 0) is 12.5 Å². The first-order chi connectivity index (χ1) is 9.88. The summed E-state index contributed by atoms with van der Waals surface area (Å²) in [6.07, 6.45) is 0. The van der Waals surface area contributed by atoms with Gasteiger partial charge in [0.2, 0.25) is 0 Å². The molecule has 2 rings (SSSR count). The van der Waals surface area contributed by atoms with Crippen molar-refractivity contribution in [3.8, 4) is 0 Å². The molecular formula is C13H12N2O6. The number of hydrogen-bond acceptors (Lipinski definition) is 6. The molecule has 0 saturated heterocycles. The summed E-state index contributed by atoms with van der Waals surface area (Å²) < 4.78 is 0. The fraction of sp³-hybridized carbons (Fsp3) is 0.231. The Labute approximate surface area is 119 Å². The lowest BCUT2D eigenvalue weighted by molar-refractivity contribution is -0.384. The number of aliphatic hydroxyl groups is 2. The Kier molecular flexibility index (Phi) is 3.72. The van der Waals surface area contributed by atoms with E-state index < -0.39 is 35.1 Å². The molecule has 1 aliphatic rings. The van der Waals surface area contributed by atoms with Crippen molar-refractivity contribution < 1.29 is 24.7 Å². The van der Waals surface area contributed by atoms with Crippen LogP contribution in [0.5, 0.6) is 0 Å². The first-order valence-electron chi connectivity index (χ1n) is 5.98. The molecule has 1 aromatic carbocycles. The summed E-state index contributed by atoms with van der Waals surface area (Å²) in [4.78, 5) is 34.5. The predicted molar refractivity (Wildman–Crippen MR) is 70.1 cm³/mol. The smallest absolute Gasteiger partial charge is 0.291 e. The molecule has 110 valence electrons. The largest absolute Gasteiger partial charge is 0.503 e. The molecule has 21 heavy (non-hydrogen) atoms. The van der Waals surface area contributed by atoms with Crippen molar-refractivity contribution in [3.63, 3.8) is 0 Å². The maximum absolute atomic E-state index is 11.8. The van der Waals surface area contributed by atoms with Crippen molar-refractivity contribution in [3.05, 3.63) is 51.3 Å². The highest BCUT2D eigenvalue weighted by Gasteiger charge is 2.42. The molecule has 0 bridgehead atoms. The molecule has 0 saturated carbocycles. The van der Waals surface area contributed by atoms with Crippen molar-refractivity contribution in [1.29, 1.82) is 0 Å². The van der Waals surface area contributed by atoms with Gasteiger partial charge >= 0.3 is 0 Å². The van der Waals surface area contributed by atoms with E-state index in [0.717, 1.165) is 4.90 Å². The summed E-state index contributed by atoms with van der Waals surface area (Å²) in [6, 6.07) is 4.30. The number of non-ortho nitro benzene ring substituents is 1. The molecule has 0 aliphatic carbocycles. The zero-order chi connectivity index (χ0) is 15.7. The van der Waals surface area contributed by atoms with E-state index in [1.54, 1.807) is 0 Å². The van der Waals surface area contributed by atoms with Crippen LogP contribution >= 0.6 is 0 Å². The normalized spacial score (nSPS) is 18.3. The SMILES string of the molecule is CC(=O)C1=C(O)C(=O)N(CO)C1c1cccc([N+](=O)[O-])c1. The third kappa shape index (κ3) is 2.36. The van der Waals surface area contributed by atoms with Gasteiger partial charge in [-0.1, -0.05) is 12.1 Å². The lowest BCUT2D eigenvalue weighted by atomic mass is 9.96. The first-order valence-corrected chi connectivity index (χ1v) is 5.98. The van der Waals surface area contributed by atoms with Crippen LogP contribution in [0, 0.1) is 10.1 Å². The van der Waals surface area contributed by atoms with Crippen LogP contribution in [-0.2, 0) is 9.59 Å². The number of Topliss-reactive ketones (excluding diaryl/α,β-unsaturated/α-hetero) is 1. The standard InChI is InChI=1S/C13H12N2O6/c1-7(17)10-11(14(6-16)13(19)12(10)18)8-3-2-4-9(5-8)15(20)21/h2-5,11,16,18H,6H2,1H3. The van der Waals surface area contributed by atoms with E-state index in [9.17, 15) is 29.9 Å². The van der Waals surface area contributed by atoms with Crippen LogP contribution in [0.2, 0.25) is 0 Å². The third-order valence-corrected chi connectivity index (χ3v) is 3.23. The van der Waals surface area contributed by atoms with Crippen LogP contribution in [0.4, 0.5) is 5.69 Å². The number of amides is 1. The van der Waals surface area contributed by atoms with Gasteiger partial charge in [-0.25, -0.2) is 0 Å². The Morgan fingerprint density at radius 2 is 2.14 bits per heavy atom. The highest BCUT2D eigenvalue weighted by atomic mass is 16.6. The van der Waals surface area contributed by atoms with Crippen molar-refractivity contribution >= 4 is 17.4 Å². The monoisotopic (exact) mass is 292 g/mol. The molecule has 1 aromatic rings. The highest BCUT2D eigenvalue weighted by molar-refractivity contribution is 6.08. The summed E-state index contributed by atoms with van der Waals surface area (Å²) in [5, 5.41) is 29.9. The van der Waals surface area contributed by atoms with Gasteiger partial charge in [-0.15, -0.1) is 0 Å². The second kappa shape index (κ2) is 5.33. The van der Waals surface area contributed by atoms with Crippen molar-refractivity contribution in [2.24, 2.45) is 0 Å². The van der Waals surface area contributed by atoms with Crippen LogP contribution in [0.15, 0.2) is 35.6 Å². The average molecular weight is 292 g/mol. The first kappa shape index (κ1) is 14.7. The third-order valence-electron chi connectivity index (χ3n) is 3.23. The quantitative estimate of drug-likeness (QED) is 0.626. The number of nitrogens with zero attached hydrogens (tertiary/aromatic N) is 2. The van der Waals surface area contributed by atoms with Crippen LogP contribution in [0.25, 0.3) is 0 Å². The Bertz CT molecular complexity index is 666. The molecule has 1 atom stereocenters. The van der Waals surface area contributed by atoms with E-state index in [-0.39, 0.29) is 16.8 Å². The predicted octanol–water partition coefficient (Wildman–Crippen LogP) is 0.829. The Morgan fingerprint density at radius 1 is 1.48 bits per heavy atom. The summed E-state index contributed by atoms with van der Waals surface area (Å²) in [5.74, 6) is -2.18. The van der Waals surface area contributed by atoms with Gasteiger partial charge in [0, 0.05) is 12.1 Å². The van der Waals surface area contributed by atoms with Crippen LogP contribution in [-0.4, -0.2) is 38.5 Å². The molecule has 0 radical (unpaired) electrons. The van der Waals surface area contributed by atoms with E-state index in [1.807, 2.05) is 0 Å². The number of rotatable bonds is 4. The second-order valence-electron chi connectivity index (χ2n) is 4.49. The molecule has 0 fully saturated rings. The van der Waals surface area contributed by atoms with Gasteiger partial charge in [0.05, 0.1) is 16.5 Å². The van der Waals surface area contributed by atoms with Gasteiger partial charge < -0.3 is 15.1 Å². The number of ketones is 1. The maximum atomic E-state index is 11.8. The number of nitro groups is 1. The number of benzene rings is 1. The zero-order valence-electron chi connectivity index (χ0n) is 11.0. The van der Waals surface area contributed by atoms with Crippen LogP contribution in [0.1, 0.15) is 18.5 Å². The van der Waals surface area contributed by atoms with E-state index in [1.165, 1.54) is 31.2 Å². The average Bonchev–Trinajstić information content (AvgIpc) is 2.71. The minimum atomic E-state index is -1.04. The highest BCUT2D eigenvalue weighted by Crippen LogP contribution is 2.37. The zero-order valence-corrected chi connectivity index (χ0v) is 11.0. The topological polar surface area (TPSA) is 121 Å². The van der Waals surface area contributed by atoms with E-state index >= 15 is 0 Å². The summed E-state index contributed by atoms with van der Waals surface area (Å²) in [5.41, 5.74) is -0.137. The lowest BCUT2D eigenvalue weighted by Gasteiger charge is -2.24. The Morgan fingerprint density at radius 3 is 2.67 bits per heavy atom. The van der Waals surface area contributed by atoms with Gasteiger partial charge in [-0.3, -0.25) is 19.7 Å². The minimum absolute atomic E-state index is 0.186. The lowest BCUT2D eigenvalue weighted by Crippen LogP contribution is -2.31. The number of hydrogen-bond donors (Lipinski definition) is 2. The van der Waals surface area contributed by atoms with E-state index in [4.69, 9.17) is 0 Å². The Hall–Kier alpha value is -2.74. The minimum Gasteiger partial charge on any atom is -0.503 e. The molecule has 8 heteroatoms. The van der Waals surface area contributed by atoms with Crippen molar-refractivity contribution in [2.75, 3.05) is 6.73 Å². The second-order valence-corrected chi connectivity index (χ2v) is 4.49. The molecule has 1 aliphatic heterocycles. The molecule has 1 amide bonds. The molecular weight excluding hydrogens is 280 g/mol. The van der Waals surface area contributed by atoms with Gasteiger partial charge in [0.1, 0.15) is 6.73 Å². The molecule has 0 aromatic heterocycles. The number of nitro benzene ring substituents is 1. The van der Waals surface area contributed by atoms with Crippen molar-refractivity contribution in [1.82, 2.24) is 4.90 Å². The summed E-state index contributed by atoms with van der Waals surface area (Å²) >= 11 is 0. The van der Waals surface area contributed by atoms with E-state index in [0.29, 0.717) is 0 Å². The van der Waals surface area contributed by atoms with E-state index in [2.05, 4.69) is 0 Å². The summed E-state index contributed by atoms with van der Waals surface area (Å²) in [7, 11) is 0. The maximum Gasteiger partial charge on any atom is 0.291 e. The fourth-order valence-corrected chi connectivity index (χ4v) is 2.31. The molecule has 1 unspecified atom stereocenters. The van der Waals surface area contributed by atoms with Gasteiger partial charge in [0.15, 0.2) is 11.5 Å². The molecule has 8 nitrogen and oxygen atoms in total.